The zero-order valence-corrected chi connectivity index (χ0v) is 16.0. The summed E-state index contributed by atoms with van der Waals surface area (Å²) in [6.45, 7) is 5.57. The number of allylic oxidation sites excluding steroid dienone is 1. The highest BCUT2D eigenvalue weighted by molar-refractivity contribution is 7.90. The number of carbonyl (C=O) groups excluding carboxylic acids is 1. The fourth-order valence-electron chi connectivity index (χ4n) is 2.60. The van der Waals surface area contributed by atoms with Gasteiger partial charge in [-0.3, -0.25) is 4.79 Å². The van der Waals surface area contributed by atoms with Gasteiger partial charge < -0.3 is 10.1 Å². The first-order valence-corrected chi connectivity index (χ1v) is 10.0. The van der Waals surface area contributed by atoms with Gasteiger partial charge in [0.05, 0.1) is 18.0 Å². The van der Waals surface area contributed by atoms with Crippen LogP contribution in [0.25, 0.3) is 0 Å². The van der Waals surface area contributed by atoms with E-state index in [4.69, 9.17) is 4.74 Å². The SMILES string of the molecule is C=CCc1cc(C(=O)N[C@@H](C)c2ccc(S(C)(=O)=O)cc2)ccc1OC. The Bertz CT molecular complexity index is 902. The zero-order valence-electron chi connectivity index (χ0n) is 15.2. The molecule has 1 atom stereocenters. The minimum atomic E-state index is -3.24. The van der Waals surface area contributed by atoms with Crippen molar-refractivity contribution >= 4 is 15.7 Å². The number of ether oxygens (including phenoxy) is 1. The van der Waals surface area contributed by atoms with E-state index in [0.717, 1.165) is 17.4 Å². The molecule has 2 rings (SSSR count). The number of hydrogen-bond acceptors (Lipinski definition) is 4. The van der Waals surface area contributed by atoms with Crippen molar-refractivity contribution in [3.8, 4) is 5.75 Å². The summed E-state index contributed by atoms with van der Waals surface area (Å²) in [5.41, 5.74) is 2.24. The fraction of sp³-hybridized carbons (Fsp3) is 0.250. The highest BCUT2D eigenvalue weighted by Crippen LogP contribution is 2.22. The normalized spacial score (nSPS) is 12.3. The molecule has 138 valence electrons. The number of sulfone groups is 1. The molecule has 0 aliphatic carbocycles. The maximum Gasteiger partial charge on any atom is 0.251 e. The van der Waals surface area contributed by atoms with Gasteiger partial charge in [-0.1, -0.05) is 18.2 Å². The van der Waals surface area contributed by atoms with Crippen LogP contribution in [0.3, 0.4) is 0 Å². The standard InChI is InChI=1S/C20H23NO4S/c1-5-6-16-13-17(9-12-19(16)25-3)20(22)21-14(2)15-7-10-18(11-8-15)26(4,23)24/h5,7-14H,1,6H2,2-4H3,(H,21,22)/t14-/m0/s1. The second-order valence-corrected chi connectivity index (χ2v) is 8.07. The molecule has 0 spiro atoms. The van der Waals surface area contributed by atoms with E-state index in [1.165, 1.54) is 0 Å². The maximum atomic E-state index is 12.5. The largest absolute Gasteiger partial charge is 0.496 e. The molecule has 2 aromatic rings. The van der Waals surface area contributed by atoms with Crippen molar-refractivity contribution in [1.82, 2.24) is 5.32 Å². The summed E-state index contributed by atoms with van der Waals surface area (Å²) in [5, 5.41) is 2.92. The summed E-state index contributed by atoms with van der Waals surface area (Å²) in [4.78, 5) is 12.8. The van der Waals surface area contributed by atoms with E-state index in [9.17, 15) is 13.2 Å². The van der Waals surface area contributed by atoms with Crippen molar-refractivity contribution in [2.75, 3.05) is 13.4 Å². The quantitative estimate of drug-likeness (QED) is 0.756. The molecule has 0 aliphatic heterocycles. The van der Waals surface area contributed by atoms with E-state index in [2.05, 4.69) is 11.9 Å². The summed E-state index contributed by atoms with van der Waals surface area (Å²) in [5.74, 6) is 0.503. The second-order valence-electron chi connectivity index (χ2n) is 6.06. The highest BCUT2D eigenvalue weighted by Gasteiger charge is 2.14. The molecule has 6 heteroatoms. The molecular weight excluding hydrogens is 350 g/mol. The van der Waals surface area contributed by atoms with Gasteiger partial charge in [0.25, 0.3) is 5.91 Å². The molecule has 1 amide bonds. The third-order valence-electron chi connectivity index (χ3n) is 4.06. The Labute approximate surface area is 154 Å². The van der Waals surface area contributed by atoms with Gasteiger partial charge in [-0.2, -0.15) is 0 Å². The third kappa shape index (κ3) is 4.73. The number of carbonyl (C=O) groups is 1. The van der Waals surface area contributed by atoms with Crippen molar-refractivity contribution in [3.63, 3.8) is 0 Å². The average molecular weight is 373 g/mol. The van der Waals surface area contributed by atoms with E-state index >= 15 is 0 Å². The van der Waals surface area contributed by atoms with E-state index < -0.39 is 9.84 Å². The zero-order chi connectivity index (χ0) is 19.3. The maximum absolute atomic E-state index is 12.5. The number of amides is 1. The smallest absolute Gasteiger partial charge is 0.251 e. The molecule has 0 radical (unpaired) electrons. The number of rotatable bonds is 7. The molecule has 5 nitrogen and oxygen atoms in total. The number of nitrogens with one attached hydrogen (secondary N) is 1. The van der Waals surface area contributed by atoms with Crippen molar-refractivity contribution < 1.29 is 17.9 Å². The van der Waals surface area contributed by atoms with Crippen LogP contribution in [0.2, 0.25) is 0 Å². The predicted molar refractivity (Wildman–Crippen MR) is 102 cm³/mol. The third-order valence-corrected chi connectivity index (χ3v) is 5.19. The Morgan fingerprint density at radius 1 is 1.23 bits per heavy atom. The summed E-state index contributed by atoms with van der Waals surface area (Å²) in [6.07, 6.45) is 3.52. The molecule has 0 saturated carbocycles. The number of benzene rings is 2. The molecule has 26 heavy (non-hydrogen) atoms. The molecule has 0 bridgehead atoms. The average Bonchev–Trinajstić information content (AvgIpc) is 2.61. The Hall–Kier alpha value is -2.60. The molecule has 0 saturated heterocycles. The van der Waals surface area contributed by atoms with Crippen molar-refractivity contribution in [2.45, 2.75) is 24.3 Å². The van der Waals surface area contributed by atoms with Gasteiger partial charge in [0.15, 0.2) is 9.84 Å². The molecule has 0 heterocycles. The van der Waals surface area contributed by atoms with Gasteiger partial charge in [0, 0.05) is 11.8 Å². The first-order valence-electron chi connectivity index (χ1n) is 8.15. The summed E-state index contributed by atoms with van der Waals surface area (Å²) in [6, 6.07) is 11.5. The van der Waals surface area contributed by atoms with E-state index in [-0.39, 0.29) is 16.8 Å². The molecule has 0 fully saturated rings. The molecule has 1 N–H and O–H groups in total. The summed E-state index contributed by atoms with van der Waals surface area (Å²) < 4.78 is 28.3. The predicted octanol–water partition coefficient (Wildman–Crippen LogP) is 3.32. The molecule has 0 unspecified atom stereocenters. The lowest BCUT2D eigenvalue weighted by Crippen LogP contribution is -2.26. The van der Waals surface area contributed by atoms with Gasteiger partial charge in [-0.15, -0.1) is 6.58 Å². The minimum Gasteiger partial charge on any atom is -0.496 e. The molecule has 2 aromatic carbocycles. The Kier molecular flexibility index (Phi) is 6.21. The van der Waals surface area contributed by atoms with Crippen LogP contribution >= 0.6 is 0 Å². The van der Waals surface area contributed by atoms with Crippen LogP contribution in [-0.4, -0.2) is 27.7 Å². The number of hydrogen-bond donors (Lipinski definition) is 1. The van der Waals surface area contributed by atoms with Crippen molar-refractivity contribution in [2.24, 2.45) is 0 Å². The van der Waals surface area contributed by atoms with Crippen molar-refractivity contribution in [3.05, 3.63) is 71.8 Å². The van der Waals surface area contributed by atoms with Crippen LogP contribution in [0.15, 0.2) is 60.0 Å². The Morgan fingerprint density at radius 2 is 1.88 bits per heavy atom. The first kappa shape index (κ1) is 19.7. The lowest BCUT2D eigenvalue weighted by atomic mass is 10.0. The first-order chi connectivity index (χ1) is 12.3. The Morgan fingerprint density at radius 3 is 2.42 bits per heavy atom. The molecule has 0 aromatic heterocycles. The monoisotopic (exact) mass is 373 g/mol. The van der Waals surface area contributed by atoms with E-state index in [1.807, 2.05) is 6.92 Å². The summed E-state index contributed by atoms with van der Waals surface area (Å²) >= 11 is 0. The van der Waals surface area contributed by atoms with Crippen LogP contribution in [0.4, 0.5) is 0 Å². The highest BCUT2D eigenvalue weighted by atomic mass is 32.2. The lowest BCUT2D eigenvalue weighted by Gasteiger charge is -2.16. The summed E-state index contributed by atoms with van der Waals surface area (Å²) in [7, 11) is -1.65. The lowest BCUT2D eigenvalue weighted by molar-refractivity contribution is 0.0939. The second kappa shape index (κ2) is 8.19. The Balaban J connectivity index is 2.16. The minimum absolute atomic E-state index is 0.211. The van der Waals surface area contributed by atoms with E-state index in [1.54, 1.807) is 55.7 Å². The van der Waals surface area contributed by atoms with Gasteiger partial charge in [-0.25, -0.2) is 8.42 Å². The van der Waals surface area contributed by atoms with Crippen LogP contribution in [0, 0.1) is 0 Å². The van der Waals surface area contributed by atoms with E-state index in [0.29, 0.717) is 17.7 Å². The van der Waals surface area contributed by atoms with Gasteiger partial charge in [-0.05, 0) is 54.8 Å². The van der Waals surface area contributed by atoms with Crippen LogP contribution in [0.1, 0.15) is 34.5 Å². The molecular formula is C20H23NO4S. The van der Waals surface area contributed by atoms with Crippen molar-refractivity contribution in [1.29, 1.82) is 0 Å². The number of methoxy groups -OCH3 is 1. The van der Waals surface area contributed by atoms with Gasteiger partial charge in [0.2, 0.25) is 0 Å². The van der Waals surface area contributed by atoms with Crippen LogP contribution in [-0.2, 0) is 16.3 Å². The fourth-order valence-corrected chi connectivity index (χ4v) is 3.23. The van der Waals surface area contributed by atoms with Crippen LogP contribution < -0.4 is 10.1 Å². The van der Waals surface area contributed by atoms with Gasteiger partial charge >= 0.3 is 0 Å². The topological polar surface area (TPSA) is 72.5 Å². The molecule has 0 aliphatic rings. The van der Waals surface area contributed by atoms with Crippen LogP contribution in [0.5, 0.6) is 5.75 Å². The van der Waals surface area contributed by atoms with Gasteiger partial charge in [0.1, 0.15) is 5.75 Å².